The third-order valence-corrected chi connectivity index (χ3v) is 7.27. The van der Waals surface area contributed by atoms with E-state index in [0.717, 1.165) is 11.8 Å². The van der Waals surface area contributed by atoms with Gasteiger partial charge in [0.2, 0.25) is 5.12 Å². The van der Waals surface area contributed by atoms with Gasteiger partial charge in [0.25, 0.3) is 5.91 Å². The minimum absolute atomic E-state index is 0.00557. The SMILES string of the molecule is C=CCc1c(F)c(NC(=O)C2=C(C(=O)O)CCC2)c(CC)c(F)c1-c1cccc(SC(N)(F)CC)c1. The normalized spacial score (nSPS) is 15.1. The molecule has 192 valence electrons. The number of carboxylic acid groups (broad SMARTS) is 1. The molecule has 0 aliphatic heterocycles. The van der Waals surface area contributed by atoms with E-state index < -0.39 is 28.6 Å². The molecular formula is C27H29F3N2O3S. The molecule has 0 saturated heterocycles. The fraction of sp³-hybridized carbons (Fsp3) is 0.333. The number of rotatable bonds is 10. The number of nitrogens with one attached hydrogen (secondary N) is 1. The van der Waals surface area contributed by atoms with Gasteiger partial charge in [0.05, 0.1) is 5.69 Å². The second-order valence-corrected chi connectivity index (χ2v) is 9.88. The summed E-state index contributed by atoms with van der Waals surface area (Å²) in [4.78, 5) is 24.8. The Morgan fingerprint density at radius 1 is 1.19 bits per heavy atom. The summed E-state index contributed by atoms with van der Waals surface area (Å²) in [6.45, 7) is 6.88. The molecule has 36 heavy (non-hydrogen) atoms. The summed E-state index contributed by atoms with van der Waals surface area (Å²) in [6, 6.07) is 6.39. The summed E-state index contributed by atoms with van der Waals surface area (Å²) in [5.74, 6) is -3.49. The molecular weight excluding hydrogens is 489 g/mol. The Hall–Kier alpha value is -3.04. The summed E-state index contributed by atoms with van der Waals surface area (Å²) < 4.78 is 46.3. The van der Waals surface area contributed by atoms with Gasteiger partial charge >= 0.3 is 5.97 Å². The third-order valence-electron chi connectivity index (χ3n) is 6.16. The van der Waals surface area contributed by atoms with Crippen molar-refractivity contribution >= 4 is 29.3 Å². The molecule has 3 rings (SSSR count). The van der Waals surface area contributed by atoms with E-state index in [9.17, 15) is 19.1 Å². The molecule has 1 unspecified atom stereocenters. The van der Waals surface area contributed by atoms with E-state index in [-0.39, 0.29) is 65.6 Å². The maximum Gasteiger partial charge on any atom is 0.332 e. The van der Waals surface area contributed by atoms with Crippen molar-refractivity contribution in [3.63, 3.8) is 0 Å². The first-order chi connectivity index (χ1) is 17.0. The second-order valence-electron chi connectivity index (χ2n) is 8.52. The van der Waals surface area contributed by atoms with Crippen LogP contribution >= 0.6 is 11.8 Å². The lowest BCUT2D eigenvalue weighted by atomic mass is 9.91. The Morgan fingerprint density at radius 2 is 1.89 bits per heavy atom. The molecule has 1 aliphatic rings. The van der Waals surface area contributed by atoms with Crippen LogP contribution in [0.5, 0.6) is 0 Å². The number of amides is 1. The highest BCUT2D eigenvalue weighted by molar-refractivity contribution is 8.00. The Bertz CT molecular complexity index is 1240. The summed E-state index contributed by atoms with van der Waals surface area (Å²) >= 11 is 0.787. The molecule has 9 heteroatoms. The van der Waals surface area contributed by atoms with Gasteiger partial charge in [-0.15, -0.1) is 6.58 Å². The number of hydrogen-bond acceptors (Lipinski definition) is 4. The van der Waals surface area contributed by atoms with E-state index in [2.05, 4.69) is 11.9 Å². The van der Waals surface area contributed by atoms with Crippen LogP contribution in [0.25, 0.3) is 11.1 Å². The third kappa shape index (κ3) is 5.68. The molecule has 0 spiro atoms. The van der Waals surface area contributed by atoms with Crippen LogP contribution in [0.1, 0.15) is 50.7 Å². The monoisotopic (exact) mass is 518 g/mol. The van der Waals surface area contributed by atoms with Gasteiger partial charge in [-0.1, -0.05) is 43.8 Å². The van der Waals surface area contributed by atoms with Crippen LogP contribution in [0.2, 0.25) is 0 Å². The molecule has 1 aliphatic carbocycles. The standard InChI is InChI=1S/C27H29F3N2O3S/c1-4-9-20-21(15-10-7-11-16(14-15)36-27(30,31)6-3)22(28)17(5-2)24(23(20)29)32-25(33)18-12-8-13-19(18)26(34)35/h4,7,10-11,14H,1,5-6,8-9,12-13,31H2,2-3H3,(H,32,33)(H,34,35). The van der Waals surface area contributed by atoms with Crippen LogP contribution in [0, 0.1) is 11.6 Å². The number of carboxylic acids is 1. The van der Waals surface area contributed by atoms with E-state index in [1.54, 1.807) is 38.1 Å². The van der Waals surface area contributed by atoms with E-state index in [0.29, 0.717) is 16.9 Å². The first-order valence-corrected chi connectivity index (χ1v) is 12.5. The van der Waals surface area contributed by atoms with Gasteiger partial charge in [0, 0.05) is 39.2 Å². The molecule has 0 aromatic heterocycles. The van der Waals surface area contributed by atoms with Gasteiger partial charge < -0.3 is 10.4 Å². The van der Waals surface area contributed by atoms with Crippen molar-refractivity contribution in [3.05, 3.63) is 70.8 Å². The van der Waals surface area contributed by atoms with Crippen LogP contribution in [0.3, 0.4) is 0 Å². The van der Waals surface area contributed by atoms with Crippen molar-refractivity contribution in [1.29, 1.82) is 0 Å². The molecule has 0 fully saturated rings. The van der Waals surface area contributed by atoms with Crippen molar-refractivity contribution in [1.82, 2.24) is 0 Å². The highest BCUT2D eigenvalue weighted by Crippen LogP contribution is 2.40. The van der Waals surface area contributed by atoms with E-state index in [4.69, 9.17) is 5.73 Å². The number of carbonyl (C=O) groups excluding carboxylic acids is 1. The minimum Gasteiger partial charge on any atom is -0.478 e. The Balaban J connectivity index is 2.15. The predicted octanol–water partition coefficient (Wildman–Crippen LogP) is 6.51. The van der Waals surface area contributed by atoms with Crippen LogP contribution in [0.4, 0.5) is 18.9 Å². The maximum absolute atomic E-state index is 16.0. The van der Waals surface area contributed by atoms with Gasteiger partial charge in [-0.2, -0.15) is 0 Å². The van der Waals surface area contributed by atoms with Crippen molar-refractivity contribution in [2.24, 2.45) is 5.73 Å². The first kappa shape index (κ1) is 27.5. The predicted molar refractivity (Wildman–Crippen MR) is 136 cm³/mol. The lowest BCUT2D eigenvalue weighted by molar-refractivity contribution is -0.133. The van der Waals surface area contributed by atoms with Crippen molar-refractivity contribution < 1.29 is 27.9 Å². The average Bonchev–Trinajstić information content (AvgIpc) is 3.33. The molecule has 5 nitrogen and oxygen atoms in total. The quantitative estimate of drug-likeness (QED) is 0.144. The summed E-state index contributed by atoms with van der Waals surface area (Å²) in [5, 5.41) is 9.80. The highest BCUT2D eigenvalue weighted by Gasteiger charge is 2.30. The fourth-order valence-corrected chi connectivity index (χ4v) is 5.16. The number of carbonyl (C=O) groups is 2. The molecule has 1 amide bonds. The highest BCUT2D eigenvalue weighted by atomic mass is 32.2. The number of thioether (sulfide) groups is 1. The average molecular weight is 519 g/mol. The first-order valence-electron chi connectivity index (χ1n) is 11.7. The molecule has 0 heterocycles. The smallest absolute Gasteiger partial charge is 0.332 e. The number of aliphatic carboxylic acids is 1. The number of allylic oxidation sites excluding steroid dienone is 1. The van der Waals surface area contributed by atoms with Crippen molar-refractivity contribution in [2.45, 2.75) is 62.4 Å². The van der Waals surface area contributed by atoms with Gasteiger partial charge in [-0.25, -0.2) is 18.0 Å². The summed E-state index contributed by atoms with van der Waals surface area (Å²) in [5.41, 5.74) is 5.62. The van der Waals surface area contributed by atoms with Gasteiger partial charge in [-0.3, -0.25) is 10.5 Å². The molecule has 4 N–H and O–H groups in total. The van der Waals surface area contributed by atoms with Gasteiger partial charge in [0.15, 0.2) is 5.82 Å². The number of benzene rings is 2. The van der Waals surface area contributed by atoms with E-state index >= 15 is 8.78 Å². The number of hydrogen-bond donors (Lipinski definition) is 3. The number of alkyl halides is 1. The maximum atomic E-state index is 16.0. The van der Waals surface area contributed by atoms with Crippen LogP contribution in [-0.4, -0.2) is 22.1 Å². The van der Waals surface area contributed by atoms with Crippen LogP contribution in [-0.2, 0) is 22.4 Å². The van der Waals surface area contributed by atoms with E-state index in [1.165, 1.54) is 6.08 Å². The van der Waals surface area contributed by atoms with E-state index in [1.807, 2.05) is 0 Å². The topological polar surface area (TPSA) is 92.4 Å². The molecule has 0 saturated carbocycles. The Morgan fingerprint density at radius 3 is 2.50 bits per heavy atom. The van der Waals surface area contributed by atoms with Crippen molar-refractivity contribution in [2.75, 3.05) is 5.32 Å². The molecule has 0 radical (unpaired) electrons. The zero-order valence-electron chi connectivity index (χ0n) is 20.2. The molecule has 0 bridgehead atoms. The zero-order valence-corrected chi connectivity index (χ0v) is 21.0. The number of halogens is 3. The van der Waals surface area contributed by atoms with Gasteiger partial charge in [-0.05, 0) is 49.8 Å². The van der Waals surface area contributed by atoms with Crippen molar-refractivity contribution in [3.8, 4) is 11.1 Å². The molecule has 2 aromatic carbocycles. The molecule has 1 atom stereocenters. The lowest BCUT2D eigenvalue weighted by Gasteiger charge is -2.21. The molecule has 2 aromatic rings. The van der Waals surface area contributed by atoms with Crippen LogP contribution < -0.4 is 11.1 Å². The minimum atomic E-state index is -2.02. The van der Waals surface area contributed by atoms with Crippen LogP contribution in [0.15, 0.2) is 53.0 Å². The fourth-order valence-electron chi connectivity index (χ4n) is 4.29. The largest absolute Gasteiger partial charge is 0.478 e. The second kappa shape index (κ2) is 11.3. The lowest BCUT2D eigenvalue weighted by Crippen LogP contribution is -2.28. The number of anilines is 1. The zero-order chi connectivity index (χ0) is 26.6. The summed E-state index contributed by atoms with van der Waals surface area (Å²) in [7, 11) is 0. The van der Waals surface area contributed by atoms with Gasteiger partial charge in [0.1, 0.15) is 5.82 Å². The Labute approximate surface area is 212 Å². The Kier molecular flexibility index (Phi) is 8.68. The number of nitrogens with two attached hydrogens (primary N) is 1. The summed E-state index contributed by atoms with van der Waals surface area (Å²) in [6.07, 6.45) is 2.48.